The lowest BCUT2D eigenvalue weighted by Crippen LogP contribution is -2.45. The van der Waals surface area contributed by atoms with Crippen molar-refractivity contribution in [2.75, 3.05) is 18.4 Å². The van der Waals surface area contributed by atoms with Gasteiger partial charge in [-0.15, -0.1) is 24.8 Å². The van der Waals surface area contributed by atoms with Crippen molar-refractivity contribution in [3.05, 3.63) is 59.9 Å². The second-order valence-corrected chi connectivity index (χ2v) is 6.82. The normalized spacial score (nSPS) is 15.9. The van der Waals surface area contributed by atoms with E-state index in [0.29, 0.717) is 29.9 Å². The highest BCUT2D eigenvalue weighted by Crippen LogP contribution is 2.18. The Hall–Kier alpha value is -2.61. The lowest BCUT2D eigenvalue weighted by Gasteiger charge is -2.30. The van der Waals surface area contributed by atoms with Crippen LogP contribution in [0.3, 0.4) is 0 Å². The van der Waals surface area contributed by atoms with Gasteiger partial charge in [-0.25, -0.2) is 4.98 Å². The number of fused-ring (bicyclic) bond motifs is 1. The molecular formula is C20H23Cl2N5O2. The number of aromatic nitrogens is 2. The molecule has 4 rings (SSSR count). The first kappa shape index (κ1) is 22.7. The number of hydrogen-bond donors (Lipinski definition) is 3. The molecule has 0 saturated carbocycles. The summed E-state index contributed by atoms with van der Waals surface area (Å²) in [5.74, 6) is -0.295. The molecule has 1 aromatic heterocycles. The Labute approximate surface area is 180 Å². The molecule has 1 aliphatic heterocycles. The van der Waals surface area contributed by atoms with Crippen LogP contribution >= 0.6 is 24.8 Å². The predicted octanol–water partition coefficient (Wildman–Crippen LogP) is 3.22. The van der Waals surface area contributed by atoms with E-state index in [4.69, 9.17) is 5.73 Å². The van der Waals surface area contributed by atoms with Gasteiger partial charge in [0.1, 0.15) is 0 Å². The van der Waals surface area contributed by atoms with Gasteiger partial charge in [-0.3, -0.25) is 9.59 Å². The number of H-pyrrole nitrogens is 1. The van der Waals surface area contributed by atoms with Crippen molar-refractivity contribution in [2.45, 2.75) is 18.9 Å². The monoisotopic (exact) mass is 435 g/mol. The van der Waals surface area contributed by atoms with E-state index in [9.17, 15) is 9.59 Å². The maximum absolute atomic E-state index is 12.7. The first-order valence-corrected chi connectivity index (χ1v) is 8.99. The summed E-state index contributed by atoms with van der Waals surface area (Å²) in [6.45, 7) is 1.28. The van der Waals surface area contributed by atoms with E-state index in [1.165, 1.54) is 0 Å². The van der Waals surface area contributed by atoms with Gasteiger partial charge in [0.25, 0.3) is 11.8 Å². The number of nitrogens with one attached hydrogen (secondary N) is 2. The summed E-state index contributed by atoms with van der Waals surface area (Å²) >= 11 is 0. The molecule has 2 heterocycles. The molecule has 2 amide bonds. The van der Waals surface area contributed by atoms with Gasteiger partial charge in [0.15, 0.2) is 0 Å². The fourth-order valence-corrected chi connectivity index (χ4v) is 3.39. The minimum Gasteiger partial charge on any atom is -0.345 e. The van der Waals surface area contributed by atoms with E-state index < -0.39 is 0 Å². The Bertz CT molecular complexity index is 1010. The zero-order chi connectivity index (χ0) is 18.8. The van der Waals surface area contributed by atoms with E-state index in [1.807, 2.05) is 0 Å². The zero-order valence-corrected chi connectivity index (χ0v) is 17.3. The highest BCUT2D eigenvalue weighted by molar-refractivity contribution is 6.06. The quantitative estimate of drug-likeness (QED) is 0.587. The van der Waals surface area contributed by atoms with Gasteiger partial charge in [0.2, 0.25) is 0 Å². The molecular weight excluding hydrogens is 413 g/mol. The van der Waals surface area contributed by atoms with Gasteiger partial charge in [0.05, 0.1) is 17.4 Å². The molecule has 0 bridgehead atoms. The van der Waals surface area contributed by atoms with Crippen molar-refractivity contribution in [2.24, 2.45) is 5.73 Å². The number of benzene rings is 2. The molecule has 3 aromatic rings. The SMILES string of the molecule is Cl.Cl.NC1CCCN(C(=O)c2cccc(NC(=O)c3ccc4nc[nH]c4c3)c2)C1. The van der Waals surface area contributed by atoms with Crippen molar-refractivity contribution in [1.82, 2.24) is 14.9 Å². The van der Waals surface area contributed by atoms with Crippen LogP contribution in [0, 0.1) is 0 Å². The zero-order valence-electron chi connectivity index (χ0n) is 15.6. The number of hydrogen-bond acceptors (Lipinski definition) is 4. The Morgan fingerprint density at radius 3 is 2.76 bits per heavy atom. The van der Waals surface area contributed by atoms with Gasteiger partial charge in [-0.05, 0) is 49.2 Å². The highest BCUT2D eigenvalue weighted by Gasteiger charge is 2.22. The van der Waals surface area contributed by atoms with Crippen LogP contribution in [0.4, 0.5) is 5.69 Å². The molecule has 0 spiro atoms. The Morgan fingerprint density at radius 1 is 1.14 bits per heavy atom. The maximum atomic E-state index is 12.7. The fraction of sp³-hybridized carbons (Fsp3) is 0.250. The number of nitrogens with zero attached hydrogens (tertiary/aromatic N) is 2. The fourth-order valence-electron chi connectivity index (χ4n) is 3.39. The third kappa shape index (κ3) is 5.06. The number of carbonyl (C=O) groups excluding carboxylic acids is 2. The van der Waals surface area contributed by atoms with Gasteiger partial charge in [0, 0.05) is 35.9 Å². The molecule has 7 nitrogen and oxygen atoms in total. The van der Waals surface area contributed by atoms with Crippen LogP contribution in [0.15, 0.2) is 48.8 Å². The molecule has 4 N–H and O–H groups in total. The molecule has 9 heteroatoms. The van der Waals surface area contributed by atoms with Crippen LogP contribution in [0.5, 0.6) is 0 Å². The van der Waals surface area contributed by atoms with Crippen LogP contribution in [-0.2, 0) is 0 Å². The van der Waals surface area contributed by atoms with Crippen molar-refractivity contribution >= 4 is 53.3 Å². The van der Waals surface area contributed by atoms with E-state index in [0.717, 1.165) is 23.9 Å². The molecule has 1 atom stereocenters. The van der Waals surface area contributed by atoms with Crippen LogP contribution in [-0.4, -0.2) is 45.8 Å². The molecule has 1 unspecified atom stereocenters. The third-order valence-electron chi connectivity index (χ3n) is 4.79. The van der Waals surface area contributed by atoms with E-state index in [2.05, 4.69) is 15.3 Å². The number of rotatable bonds is 3. The predicted molar refractivity (Wildman–Crippen MR) is 118 cm³/mol. The Kier molecular flexibility index (Phi) is 7.61. The van der Waals surface area contributed by atoms with Gasteiger partial charge < -0.3 is 20.9 Å². The third-order valence-corrected chi connectivity index (χ3v) is 4.79. The summed E-state index contributed by atoms with van der Waals surface area (Å²) in [5, 5.41) is 2.85. The van der Waals surface area contributed by atoms with E-state index >= 15 is 0 Å². The van der Waals surface area contributed by atoms with Gasteiger partial charge in [-0.2, -0.15) is 0 Å². The molecule has 2 aromatic carbocycles. The second-order valence-electron chi connectivity index (χ2n) is 6.82. The summed E-state index contributed by atoms with van der Waals surface area (Å²) in [5.41, 5.74) is 9.23. The Morgan fingerprint density at radius 2 is 1.97 bits per heavy atom. The van der Waals surface area contributed by atoms with Crippen molar-refractivity contribution < 1.29 is 9.59 Å². The number of halogens is 2. The smallest absolute Gasteiger partial charge is 0.255 e. The number of nitrogens with two attached hydrogens (primary N) is 1. The van der Waals surface area contributed by atoms with Gasteiger partial charge in [-0.1, -0.05) is 6.07 Å². The molecule has 29 heavy (non-hydrogen) atoms. The average molecular weight is 436 g/mol. The number of piperidine rings is 1. The number of anilines is 1. The lowest BCUT2D eigenvalue weighted by atomic mass is 10.1. The summed E-state index contributed by atoms with van der Waals surface area (Å²) in [6, 6.07) is 12.3. The van der Waals surface area contributed by atoms with E-state index in [1.54, 1.807) is 53.7 Å². The second kappa shape index (κ2) is 9.73. The minimum atomic E-state index is -0.240. The molecule has 1 fully saturated rings. The number of imidazole rings is 1. The first-order chi connectivity index (χ1) is 13.1. The van der Waals surface area contributed by atoms with Crippen molar-refractivity contribution in [3.8, 4) is 0 Å². The summed E-state index contributed by atoms with van der Waals surface area (Å²) in [7, 11) is 0. The van der Waals surface area contributed by atoms with Crippen LogP contribution in [0.1, 0.15) is 33.6 Å². The van der Waals surface area contributed by atoms with Gasteiger partial charge >= 0.3 is 0 Å². The number of carbonyl (C=O) groups is 2. The molecule has 154 valence electrons. The average Bonchev–Trinajstić information content (AvgIpc) is 3.15. The standard InChI is InChI=1S/C20H21N5O2.2ClH/c21-15-4-2-8-25(11-15)20(27)14-3-1-5-16(9-14)24-19(26)13-6-7-17-18(10-13)23-12-22-17;;/h1,3,5-7,9-10,12,15H,2,4,8,11,21H2,(H,22,23)(H,24,26);2*1H. The number of likely N-dealkylation sites (tertiary alicyclic amines) is 1. The topological polar surface area (TPSA) is 104 Å². The first-order valence-electron chi connectivity index (χ1n) is 8.99. The molecule has 0 radical (unpaired) electrons. The van der Waals surface area contributed by atoms with Crippen LogP contribution in [0.25, 0.3) is 11.0 Å². The van der Waals surface area contributed by atoms with Crippen LogP contribution < -0.4 is 11.1 Å². The molecule has 1 aliphatic rings. The van der Waals surface area contributed by atoms with Crippen LogP contribution in [0.2, 0.25) is 0 Å². The minimum absolute atomic E-state index is 0. The summed E-state index contributed by atoms with van der Waals surface area (Å²) < 4.78 is 0. The highest BCUT2D eigenvalue weighted by atomic mass is 35.5. The largest absolute Gasteiger partial charge is 0.345 e. The lowest BCUT2D eigenvalue weighted by molar-refractivity contribution is 0.0708. The maximum Gasteiger partial charge on any atom is 0.255 e. The van der Waals surface area contributed by atoms with Crippen molar-refractivity contribution in [1.29, 1.82) is 0 Å². The summed E-state index contributed by atoms with van der Waals surface area (Å²) in [6.07, 6.45) is 3.45. The van der Waals surface area contributed by atoms with E-state index in [-0.39, 0.29) is 42.7 Å². The number of aromatic amines is 1. The molecule has 1 saturated heterocycles. The summed E-state index contributed by atoms with van der Waals surface area (Å²) in [4.78, 5) is 34.2. The molecule has 0 aliphatic carbocycles. The number of amides is 2. The Balaban J connectivity index is 0.00000150. The van der Waals surface area contributed by atoms with Crippen molar-refractivity contribution in [3.63, 3.8) is 0 Å².